The zero-order valence-electron chi connectivity index (χ0n) is 7.87. The summed E-state index contributed by atoms with van der Waals surface area (Å²) in [6, 6.07) is 0. The number of hydrogen-bond acceptors (Lipinski definition) is 5. The molecule has 1 unspecified atom stereocenters. The first-order chi connectivity index (χ1) is 5.58. The van der Waals surface area contributed by atoms with Crippen molar-refractivity contribution in [2.24, 2.45) is 11.5 Å². The van der Waals surface area contributed by atoms with E-state index in [1.165, 1.54) is 0 Å². The van der Waals surface area contributed by atoms with E-state index in [4.69, 9.17) is 24.7 Å². The van der Waals surface area contributed by atoms with Gasteiger partial charge in [0, 0.05) is 20.8 Å². The molecule has 0 aromatic carbocycles. The van der Waals surface area contributed by atoms with Gasteiger partial charge >= 0.3 is 8.80 Å². The molecule has 0 heterocycles. The fourth-order valence-electron chi connectivity index (χ4n) is 0.678. The van der Waals surface area contributed by atoms with Gasteiger partial charge < -0.3 is 24.7 Å². The Morgan fingerprint density at radius 1 is 1.33 bits per heavy atom. The van der Waals surface area contributed by atoms with Gasteiger partial charge in [-0.2, -0.15) is 0 Å². The lowest BCUT2D eigenvalue weighted by atomic mass is 10.4. The maximum Gasteiger partial charge on any atom is 0.498 e. The van der Waals surface area contributed by atoms with Gasteiger partial charge in [-0.05, 0) is 13.0 Å². The lowest BCUT2D eigenvalue weighted by molar-refractivity contribution is 0.0610. The minimum Gasteiger partial charge on any atom is -0.377 e. The molecule has 0 spiro atoms. The molecule has 0 aliphatic heterocycles. The van der Waals surface area contributed by atoms with Crippen LogP contribution in [0.1, 0.15) is 6.42 Å². The van der Waals surface area contributed by atoms with Gasteiger partial charge in [-0.1, -0.05) is 0 Å². The van der Waals surface area contributed by atoms with Crippen LogP contribution in [-0.2, 0) is 13.3 Å². The Morgan fingerprint density at radius 3 is 2.17 bits per heavy atom. The molecule has 0 aliphatic carbocycles. The van der Waals surface area contributed by atoms with Crippen molar-refractivity contribution < 1.29 is 13.3 Å². The van der Waals surface area contributed by atoms with Gasteiger partial charge in [0.15, 0.2) is 0 Å². The first kappa shape index (κ1) is 12.0. The summed E-state index contributed by atoms with van der Waals surface area (Å²) >= 11 is 0. The maximum atomic E-state index is 5.59. The van der Waals surface area contributed by atoms with Crippen LogP contribution in [0.5, 0.6) is 0 Å². The van der Waals surface area contributed by atoms with Crippen LogP contribution >= 0.6 is 0 Å². The van der Waals surface area contributed by atoms with E-state index < -0.39 is 15.0 Å². The van der Waals surface area contributed by atoms with Crippen LogP contribution in [0.4, 0.5) is 0 Å². The van der Waals surface area contributed by atoms with Crippen molar-refractivity contribution in [3.63, 3.8) is 0 Å². The molecule has 0 radical (unpaired) electrons. The maximum absolute atomic E-state index is 5.59. The molecule has 0 bridgehead atoms. The van der Waals surface area contributed by atoms with Gasteiger partial charge in [0.1, 0.15) is 0 Å². The quantitative estimate of drug-likeness (QED) is 0.440. The molecule has 0 fully saturated rings. The Bertz CT molecular complexity index is 121. The van der Waals surface area contributed by atoms with E-state index in [2.05, 4.69) is 0 Å². The van der Waals surface area contributed by atoms with E-state index in [1.54, 1.807) is 20.8 Å². The monoisotopic (exact) mass is 194 g/mol. The lowest BCUT2D eigenvalue weighted by Crippen LogP contribution is -2.46. The first-order valence-electron chi connectivity index (χ1n) is 3.81. The Balaban J connectivity index is 3.84. The highest BCUT2D eigenvalue weighted by Crippen LogP contribution is 2.08. The highest BCUT2D eigenvalue weighted by atomic mass is 28.4. The van der Waals surface area contributed by atoms with Crippen LogP contribution in [0.25, 0.3) is 0 Å². The third kappa shape index (κ3) is 4.15. The Morgan fingerprint density at radius 2 is 1.83 bits per heavy atom. The number of hydrogen-bond donors (Lipinski definition) is 2. The van der Waals surface area contributed by atoms with E-state index in [9.17, 15) is 0 Å². The second kappa shape index (κ2) is 5.63. The average molecular weight is 194 g/mol. The zero-order chi connectivity index (χ0) is 9.61. The molecule has 4 N–H and O–H groups in total. The fourth-order valence-corrected chi connectivity index (χ4v) is 1.70. The standard InChI is InChI=1S/C6H18N2O3Si/c1-9-12(3,10-2)11-6(8)4-5-7/h6H,4-5,7-8H2,1-3H3. The molecule has 74 valence electrons. The molecular formula is C6H18N2O3Si. The highest BCUT2D eigenvalue weighted by Gasteiger charge is 2.33. The van der Waals surface area contributed by atoms with Crippen molar-refractivity contribution in [1.29, 1.82) is 0 Å². The SMILES string of the molecule is CO[Si](C)(OC)OC(N)CCN. The molecule has 1 atom stereocenters. The summed E-state index contributed by atoms with van der Waals surface area (Å²) in [6.07, 6.45) is 0.210. The minimum absolute atomic E-state index is 0.397. The minimum atomic E-state index is -2.48. The summed E-state index contributed by atoms with van der Waals surface area (Å²) in [5.74, 6) is 0. The van der Waals surface area contributed by atoms with E-state index in [0.717, 1.165) is 0 Å². The van der Waals surface area contributed by atoms with Gasteiger partial charge in [-0.15, -0.1) is 0 Å². The van der Waals surface area contributed by atoms with Gasteiger partial charge in [-0.25, -0.2) is 0 Å². The Hall–Kier alpha value is 0.0169. The highest BCUT2D eigenvalue weighted by molar-refractivity contribution is 6.59. The fraction of sp³-hybridized carbons (Fsp3) is 1.00. The lowest BCUT2D eigenvalue weighted by Gasteiger charge is -2.25. The molecule has 12 heavy (non-hydrogen) atoms. The third-order valence-electron chi connectivity index (χ3n) is 1.56. The van der Waals surface area contributed by atoms with Crippen LogP contribution in [0, 0.1) is 0 Å². The summed E-state index contributed by atoms with van der Waals surface area (Å²) in [5.41, 5.74) is 10.9. The summed E-state index contributed by atoms with van der Waals surface area (Å²) in [5, 5.41) is 0. The van der Waals surface area contributed by atoms with E-state index in [0.29, 0.717) is 13.0 Å². The topological polar surface area (TPSA) is 79.7 Å². The molecule has 0 aromatic rings. The average Bonchev–Trinajstić information content (AvgIpc) is 2.05. The van der Waals surface area contributed by atoms with Crippen molar-refractivity contribution in [2.45, 2.75) is 19.2 Å². The van der Waals surface area contributed by atoms with Crippen molar-refractivity contribution in [2.75, 3.05) is 20.8 Å². The third-order valence-corrected chi connectivity index (χ3v) is 3.77. The summed E-state index contributed by atoms with van der Waals surface area (Å²) in [7, 11) is 0.615. The molecule has 5 nitrogen and oxygen atoms in total. The Labute approximate surface area is 74.3 Å². The van der Waals surface area contributed by atoms with Crippen molar-refractivity contribution >= 4 is 8.80 Å². The van der Waals surface area contributed by atoms with Crippen molar-refractivity contribution in [1.82, 2.24) is 0 Å². The summed E-state index contributed by atoms with van der Waals surface area (Å²) < 4.78 is 15.5. The van der Waals surface area contributed by atoms with Gasteiger partial charge in [0.2, 0.25) is 0 Å². The molecule has 0 saturated heterocycles. The largest absolute Gasteiger partial charge is 0.498 e. The molecule has 6 heteroatoms. The van der Waals surface area contributed by atoms with E-state index >= 15 is 0 Å². The van der Waals surface area contributed by atoms with Crippen molar-refractivity contribution in [3.05, 3.63) is 0 Å². The number of nitrogens with two attached hydrogens (primary N) is 2. The Kier molecular flexibility index (Phi) is 5.63. The predicted molar refractivity (Wildman–Crippen MR) is 48.4 cm³/mol. The van der Waals surface area contributed by atoms with E-state index in [1.807, 2.05) is 0 Å². The molecule has 0 aliphatic rings. The summed E-state index contributed by atoms with van der Waals surface area (Å²) in [4.78, 5) is 0. The second-order valence-corrected chi connectivity index (χ2v) is 5.28. The zero-order valence-corrected chi connectivity index (χ0v) is 8.87. The summed E-state index contributed by atoms with van der Waals surface area (Å²) in [6.45, 7) is 2.28. The number of rotatable bonds is 6. The van der Waals surface area contributed by atoms with Crippen molar-refractivity contribution in [3.8, 4) is 0 Å². The van der Waals surface area contributed by atoms with Gasteiger partial charge in [-0.3, -0.25) is 0 Å². The predicted octanol–water partition coefficient (Wildman–Crippen LogP) is -0.502. The molecule has 0 aromatic heterocycles. The smallest absolute Gasteiger partial charge is 0.377 e. The van der Waals surface area contributed by atoms with Crippen LogP contribution in [0.15, 0.2) is 0 Å². The van der Waals surface area contributed by atoms with Crippen LogP contribution in [-0.4, -0.2) is 35.8 Å². The van der Waals surface area contributed by atoms with Gasteiger partial charge in [0.05, 0.1) is 6.23 Å². The van der Waals surface area contributed by atoms with Crippen LogP contribution in [0.3, 0.4) is 0 Å². The molecule has 0 saturated carbocycles. The van der Waals surface area contributed by atoms with Crippen LogP contribution < -0.4 is 11.5 Å². The molecule has 0 amide bonds. The first-order valence-corrected chi connectivity index (χ1v) is 6.04. The molecular weight excluding hydrogens is 176 g/mol. The van der Waals surface area contributed by atoms with Gasteiger partial charge in [0.25, 0.3) is 0 Å². The van der Waals surface area contributed by atoms with Crippen LogP contribution in [0.2, 0.25) is 6.55 Å². The normalized spacial score (nSPS) is 14.8. The second-order valence-electron chi connectivity index (χ2n) is 2.50. The van der Waals surface area contributed by atoms with E-state index in [-0.39, 0.29) is 0 Å². The molecule has 0 rings (SSSR count).